The van der Waals surface area contributed by atoms with Gasteiger partial charge in [0.25, 0.3) is 5.95 Å². The summed E-state index contributed by atoms with van der Waals surface area (Å²) < 4.78 is 46.8. The van der Waals surface area contributed by atoms with Gasteiger partial charge in [0.15, 0.2) is 0 Å². The van der Waals surface area contributed by atoms with E-state index in [4.69, 9.17) is 4.52 Å². The van der Waals surface area contributed by atoms with Crippen LogP contribution in [0, 0.1) is 5.82 Å². The number of hydrogen-bond acceptors (Lipinski definition) is 7. The second kappa shape index (κ2) is 9.01. The number of hydrogen-bond donors (Lipinski definition) is 1. The van der Waals surface area contributed by atoms with E-state index in [1.54, 1.807) is 10.4 Å². The SMILES string of the molecule is CC(C)c1nn(-c2noc([C@H]3CC[C@@H](NC4CCN(S(C)(=O)=O)C4)CC3)n2)c2c(F)cccc12. The lowest BCUT2D eigenvalue weighted by atomic mass is 9.85. The van der Waals surface area contributed by atoms with E-state index in [9.17, 15) is 12.8 Å². The van der Waals surface area contributed by atoms with Gasteiger partial charge >= 0.3 is 0 Å². The van der Waals surface area contributed by atoms with Gasteiger partial charge in [0.2, 0.25) is 15.9 Å². The first-order valence-corrected chi connectivity index (χ1v) is 13.8. The molecule has 9 nitrogen and oxygen atoms in total. The normalized spacial score (nSPS) is 24.4. The zero-order valence-electron chi connectivity index (χ0n) is 19.7. The Morgan fingerprint density at radius 2 is 1.91 bits per heavy atom. The number of nitrogens with zero attached hydrogens (tertiary/aromatic N) is 5. The number of halogens is 1. The number of nitrogens with one attached hydrogen (secondary N) is 1. The van der Waals surface area contributed by atoms with Crippen molar-refractivity contribution in [2.45, 2.75) is 69.9 Å². The van der Waals surface area contributed by atoms with E-state index in [0.717, 1.165) is 43.2 Å². The van der Waals surface area contributed by atoms with E-state index in [1.807, 2.05) is 19.9 Å². The number of benzene rings is 1. The van der Waals surface area contributed by atoms with Crippen molar-refractivity contribution in [1.29, 1.82) is 0 Å². The minimum atomic E-state index is -3.13. The Hall–Kier alpha value is -2.37. The maximum Gasteiger partial charge on any atom is 0.291 e. The summed E-state index contributed by atoms with van der Waals surface area (Å²) in [6, 6.07) is 5.52. The summed E-state index contributed by atoms with van der Waals surface area (Å²) in [6.45, 7) is 5.17. The van der Waals surface area contributed by atoms with Crippen LogP contribution in [0.1, 0.15) is 69.4 Å². The van der Waals surface area contributed by atoms with Crippen LogP contribution in [-0.2, 0) is 10.0 Å². The molecule has 1 atom stereocenters. The molecule has 11 heteroatoms. The lowest BCUT2D eigenvalue weighted by Gasteiger charge is -2.29. The number of fused-ring (bicyclic) bond motifs is 1. The molecule has 1 aromatic carbocycles. The first kappa shape index (κ1) is 23.4. The van der Waals surface area contributed by atoms with Crippen LogP contribution in [-0.4, -0.2) is 64.1 Å². The average molecular weight is 491 g/mol. The lowest BCUT2D eigenvalue weighted by molar-refractivity contribution is 0.271. The Bertz CT molecular complexity index is 1280. The highest BCUT2D eigenvalue weighted by molar-refractivity contribution is 7.88. The fourth-order valence-corrected chi connectivity index (χ4v) is 6.09. The monoisotopic (exact) mass is 490 g/mol. The number of rotatable bonds is 6. The summed E-state index contributed by atoms with van der Waals surface area (Å²) in [7, 11) is -3.13. The van der Waals surface area contributed by atoms with Gasteiger partial charge in [-0.25, -0.2) is 17.1 Å². The molecule has 34 heavy (non-hydrogen) atoms. The summed E-state index contributed by atoms with van der Waals surface area (Å²) in [4.78, 5) is 4.60. The second-order valence-corrected chi connectivity index (χ2v) is 11.8. The molecule has 3 heterocycles. The number of sulfonamides is 1. The first-order chi connectivity index (χ1) is 16.2. The quantitative estimate of drug-likeness (QED) is 0.565. The molecular weight excluding hydrogens is 459 g/mol. The maximum absolute atomic E-state index is 14.7. The fourth-order valence-electron chi connectivity index (χ4n) is 5.20. The summed E-state index contributed by atoms with van der Waals surface area (Å²) in [5, 5.41) is 13.1. The summed E-state index contributed by atoms with van der Waals surface area (Å²) in [5.41, 5.74) is 1.17. The minimum absolute atomic E-state index is 0.129. The molecule has 1 unspecified atom stereocenters. The van der Waals surface area contributed by atoms with Gasteiger partial charge in [-0.3, -0.25) is 0 Å². The highest BCUT2D eigenvalue weighted by atomic mass is 32.2. The molecule has 5 rings (SSSR count). The number of para-hydroxylation sites is 1. The van der Waals surface area contributed by atoms with Gasteiger partial charge in [0, 0.05) is 36.5 Å². The third-order valence-corrected chi connectivity index (χ3v) is 8.29. The van der Waals surface area contributed by atoms with Crippen LogP contribution < -0.4 is 5.32 Å². The van der Waals surface area contributed by atoms with Crippen molar-refractivity contribution in [3.63, 3.8) is 0 Å². The van der Waals surface area contributed by atoms with Crippen LogP contribution in [0.4, 0.5) is 4.39 Å². The number of aromatic nitrogens is 4. The molecule has 1 aliphatic carbocycles. The highest BCUT2D eigenvalue weighted by Gasteiger charge is 2.32. The van der Waals surface area contributed by atoms with E-state index in [2.05, 4.69) is 20.6 Å². The van der Waals surface area contributed by atoms with Gasteiger partial charge in [-0.05, 0) is 49.2 Å². The van der Waals surface area contributed by atoms with Gasteiger partial charge in [-0.2, -0.15) is 14.8 Å². The molecule has 0 bridgehead atoms. The molecule has 0 spiro atoms. The van der Waals surface area contributed by atoms with Crippen LogP contribution in [0.5, 0.6) is 0 Å². The van der Waals surface area contributed by atoms with Crippen molar-refractivity contribution in [3.05, 3.63) is 35.6 Å². The third kappa shape index (κ3) is 4.48. The van der Waals surface area contributed by atoms with Crippen molar-refractivity contribution in [2.75, 3.05) is 19.3 Å². The molecule has 2 fully saturated rings. The van der Waals surface area contributed by atoms with Crippen molar-refractivity contribution >= 4 is 20.9 Å². The van der Waals surface area contributed by atoms with Crippen molar-refractivity contribution in [3.8, 4) is 5.95 Å². The van der Waals surface area contributed by atoms with Crippen LogP contribution in [0.15, 0.2) is 22.7 Å². The van der Waals surface area contributed by atoms with Crippen molar-refractivity contribution in [1.82, 2.24) is 29.5 Å². The third-order valence-electron chi connectivity index (χ3n) is 7.02. The maximum atomic E-state index is 14.7. The van der Waals surface area contributed by atoms with Crippen molar-refractivity contribution in [2.24, 2.45) is 0 Å². The first-order valence-electron chi connectivity index (χ1n) is 11.9. The molecule has 2 aliphatic rings. The Balaban J connectivity index is 1.26. The lowest BCUT2D eigenvalue weighted by Crippen LogP contribution is -2.42. The van der Waals surface area contributed by atoms with E-state index in [1.165, 1.54) is 17.0 Å². The molecule has 3 aromatic rings. The van der Waals surface area contributed by atoms with E-state index >= 15 is 0 Å². The molecular formula is C23H31FN6O3S. The average Bonchev–Trinajstić information content (AvgIpc) is 3.52. The van der Waals surface area contributed by atoms with Gasteiger partial charge in [0.05, 0.1) is 11.9 Å². The van der Waals surface area contributed by atoms with Gasteiger partial charge in [-0.15, -0.1) is 0 Å². The van der Waals surface area contributed by atoms with Crippen molar-refractivity contribution < 1.29 is 17.3 Å². The predicted octanol–water partition coefficient (Wildman–Crippen LogP) is 3.32. The van der Waals surface area contributed by atoms with Crippen LogP contribution in [0.3, 0.4) is 0 Å². The Morgan fingerprint density at radius 3 is 2.59 bits per heavy atom. The molecule has 1 N–H and O–H groups in total. The Labute approximate surface area is 198 Å². The molecule has 1 saturated heterocycles. The van der Waals surface area contributed by atoms with Crippen LogP contribution >= 0.6 is 0 Å². The molecule has 0 radical (unpaired) electrons. The Kier molecular flexibility index (Phi) is 6.19. The van der Waals surface area contributed by atoms with Gasteiger partial charge < -0.3 is 9.84 Å². The summed E-state index contributed by atoms with van der Waals surface area (Å²) >= 11 is 0. The predicted molar refractivity (Wildman–Crippen MR) is 126 cm³/mol. The molecule has 0 amide bonds. The van der Waals surface area contributed by atoms with E-state index in [0.29, 0.717) is 30.5 Å². The summed E-state index contributed by atoms with van der Waals surface area (Å²) in [5.74, 6) is 0.722. The molecule has 1 aliphatic heterocycles. The smallest absolute Gasteiger partial charge is 0.291 e. The summed E-state index contributed by atoms with van der Waals surface area (Å²) in [6.07, 6.45) is 5.81. The second-order valence-electron chi connectivity index (χ2n) is 9.84. The molecule has 2 aromatic heterocycles. The standard InChI is InChI=1S/C23H31FN6O3S/c1-14(2)20-18-5-4-6-19(24)21(18)30(27-20)23-26-22(33-28-23)15-7-9-16(10-8-15)25-17-11-12-29(13-17)34(3,31)32/h4-6,14-17,25H,7-13H2,1-3H3/t15-,16+,17?. The van der Waals surface area contributed by atoms with E-state index in [-0.39, 0.29) is 29.6 Å². The fraction of sp³-hybridized carbons (Fsp3) is 0.609. The van der Waals surface area contributed by atoms with Crippen LogP contribution in [0.25, 0.3) is 16.9 Å². The minimum Gasteiger partial charge on any atom is -0.337 e. The highest BCUT2D eigenvalue weighted by Crippen LogP contribution is 2.34. The van der Waals surface area contributed by atoms with Crippen LogP contribution in [0.2, 0.25) is 0 Å². The zero-order chi connectivity index (χ0) is 24.0. The van der Waals surface area contributed by atoms with E-state index < -0.39 is 10.0 Å². The molecule has 1 saturated carbocycles. The zero-order valence-corrected chi connectivity index (χ0v) is 20.6. The van der Waals surface area contributed by atoms with Gasteiger partial charge in [0.1, 0.15) is 11.3 Å². The van der Waals surface area contributed by atoms with Gasteiger partial charge in [-0.1, -0.05) is 26.0 Å². The molecule has 184 valence electrons. The topological polar surface area (TPSA) is 106 Å². The Morgan fingerprint density at radius 1 is 1.15 bits per heavy atom. The largest absolute Gasteiger partial charge is 0.337 e.